The van der Waals surface area contributed by atoms with Gasteiger partial charge in [0.2, 0.25) is 0 Å². The Balaban J connectivity index is 1.85. The highest BCUT2D eigenvalue weighted by molar-refractivity contribution is 5.85. The Bertz CT molecular complexity index is 524. The van der Waals surface area contributed by atoms with Crippen LogP contribution in [-0.4, -0.2) is 24.4 Å². The highest BCUT2D eigenvalue weighted by Gasteiger charge is 2.24. The number of hydrogen-bond donors (Lipinski definition) is 1. The topological polar surface area (TPSA) is 29.5 Å². The first-order valence-electron chi connectivity index (χ1n) is 6.57. The van der Waals surface area contributed by atoms with Gasteiger partial charge in [-0.1, -0.05) is 42.5 Å². The molecule has 0 aliphatic carbocycles. The van der Waals surface area contributed by atoms with Crippen LogP contribution < -0.4 is 0 Å². The van der Waals surface area contributed by atoms with Gasteiger partial charge in [0, 0.05) is 12.5 Å². The molecule has 2 unspecified atom stereocenters. The zero-order valence-corrected chi connectivity index (χ0v) is 10.4. The van der Waals surface area contributed by atoms with Crippen LogP contribution in [0.5, 0.6) is 0 Å². The highest BCUT2D eigenvalue weighted by atomic mass is 16.5. The Labute approximate surface area is 107 Å². The summed E-state index contributed by atoms with van der Waals surface area (Å²) in [6.07, 6.45) is 1.40. The van der Waals surface area contributed by atoms with Crippen molar-refractivity contribution in [1.29, 1.82) is 0 Å². The van der Waals surface area contributed by atoms with Gasteiger partial charge in [-0.25, -0.2) is 0 Å². The van der Waals surface area contributed by atoms with E-state index in [9.17, 15) is 5.11 Å². The summed E-state index contributed by atoms with van der Waals surface area (Å²) in [7, 11) is 0. The van der Waals surface area contributed by atoms with E-state index in [-0.39, 0.29) is 6.10 Å². The van der Waals surface area contributed by atoms with E-state index in [1.165, 1.54) is 16.3 Å². The SMILES string of the molecule is OC(Cc1cccc2ccccc12)C1CCOC1. The fourth-order valence-electron chi connectivity index (χ4n) is 2.72. The molecule has 18 heavy (non-hydrogen) atoms. The number of aliphatic hydroxyl groups is 1. The second-order valence-corrected chi connectivity index (χ2v) is 5.03. The van der Waals surface area contributed by atoms with Crippen LogP contribution in [0.1, 0.15) is 12.0 Å². The van der Waals surface area contributed by atoms with Crippen LogP contribution >= 0.6 is 0 Å². The molecule has 0 saturated carbocycles. The Morgan fingerprint density at radius 3 is 2.83 bits per heavy atom. The van der Waals surface area contributed by atoms with Gasteiger partial charge in [0.05, 0.1) is 12.7 Å². The van der Waals surface area contributed by atoms with Gasteiger partial charge in [-0.05, 0) is 29.2 Å². The summed E-state index contributed by atoms with van der Waals surface area (Å²) in [6, 6.07) is 14.6. The average Bonchev–Trinajstić information content (AvgIpc) is 2.93. The second kappa shape index (κ2) is 5.09. The van der Waals surface area contributed by atoms with Crippen LogP contribution in [0.25, 0.3) is 10.8 Å². The average molecular weight is 242 g/mol. The van der Waals surface area contributed by atoms with Gasteiger partial charge in [0.15, 0.2) is 0 Å². The Kier molecular flexibility index (Phi) is 3.31. The Hall–Kier alpha value is -1.38. The van der Waals surface area contributed by atoms with E-state index in [1.807, 2.05) is 6.07 Å². The lowest BCUT2D eigenvalue weighted by Gasteiger charge is -2.17. The quantitative estimate of drug-likeness (QED) is 0.896. The normalized spacial score (nSPS) is 21.3. The van der Waals surface area contributed by atoms with E-state index in [1.54, 1.807) is 0 Å². The van der Waals surface area contributed by atoms with E-state index >= 15 is 0 Å². The van der Waals surface area contributed by atoms with Crippen molar-refractivity contribution in [3.8, 4) is 0 Å². The molecule has 0 aromatic heterocycles. The number of ether oxygens (including phenoxy) is 1. The van der Waals surface area contributed by atoms with Gasteiger partial charge in [-0.3, -0.25) is 0 Å². The molecule has 2 aromatic rings. The molecule has 2 aromatic carbocycles. The van der Waals surface area contributed by atoms with Crippen LogP contribution in [0.4, 0.5) is 0 Å². The minimum atomic E-state index is -0.293. The van der Waals surface area contributed by atoms with Crippen molar-refractivity contribution in [3.63, 3.8) is 0 Å². The summed E-state index contributed by atoms with van der Waals surface area (Å²) in [6.45, 7) is 1.49. The molecule has 1 aliphatic rings. The fraction of sp³-hybridized carbons (Fsp3) is 0.375. The molecule has 0 amide bonds. The predicted molar refractivity (Wildman–Crippen MR) is 72.6 cm³/mol. The zero-order chi connectivity index (χ0) is 12.4. The van der Waals surface area contributed by atoms with Gasteiger partial charge in [0.1, 0.15) is 0 Å². The molecule has 2 heteroatoms. The van der Waals surface area contributed by atoms with Gasteiger partial charge < -0.3 is 9.84 Å². The summed E-state index contributed by atoms with van der Waals surface area (Å²) in [5, 5.41) is 12.8. The molecule has 0 radical (unpaired) electrons. The van der Waals surface area contributed by atoms with Crippen molar-refractivity contribution in [2.24, 2.45) is 5.92 Å². The van der Waals surface area contributed by atoms with Gasteiger partial charge >= 0.3 is 0 Å². The first-order valence-corrected chi connectivity index (χ1v) is 6.57. The third kappa shape index (κ3) is 2.26. The standard InChI is InChI=1S/C16H18O2/c17-16(14-8-9-18-11-14)10-13-6-3-5-12-4-1-2-7-15(12)13/h1-7,14,16-17H,8-11H2. The number of fused-ring (bicyclic) bond motifs is 1. The van der Waals surface area contributed by atoms with Crippen molar-refractivity contribution >= 4 is 10.8 Å². The predicted octanol–water partition coefficient (Wildman–Crippen LogP) is 2.78. The molecular weight excluding hydrogens is 224 g/mol. The lowest BCUT2D eigenvalue weighted by Crippen LogP contribution is -2.23. The molecule has 0 bridgehead atoms. The van der Waals surface area contributed by atoms with Crippen molar-refractivity contribution < 1.29 is 9.84 Å². The minimum Gasteiger partial charge on any atom is -0.392 e. The molecule has 1 saturated heterocycles. The first kappa shape index (κ1) is 11.7. The van der Waals surface area contributed by atoms with Crippen molar-refractivity contribution in [2.75, 3.05) is 13.2 Å². The van der Waals surface area contributed by atoms with E-state index in [2.05, 4.69) is 36.4 Å². The maximum Gasteiger partial charge on any atom is 0.0631 e. The summed E-state index contributed by atoms with van der Waals surface area (Å²) >= 11 is 0. The number of rotatable bonds is 3. The van der Waals surface area contributed by atoms with Crippen molar-refractivity contribution in [2.45, 2.75) is 18.9 Å². The van der Waals surface area contributed by atoms with Gasteiger partial charge in [-0.15, -0.1) is 0 Å². The second-order valence-electron chi connectivity index (χ2n) is 5.03. The molecule has 1 N–H and O–H groups in total. The lowest BCUT2D eigenvalue weighted by molar-refractivity contribution is 0.0921. The lowest BCUT2D eigenvalue weighted by atomic mass is 9.93. The highest BCUT2D eigenvalue weighted by Crippen LogP contribution is 2.24. The molecule has 1 heterocycles. The van der Waals surface area contributed by atoms with Gasteiger partial charge in [-0.2, -0.15) is 0 Å². The monoisotopic (exact) mass is 242 g/mol. The third-order valence-electron chi connectivity index (χ3n) is 3.82. The number of benzene rings is 2. The zero-order valence-electron chi connectivity index (χ0n) is 10.4. The van der Waals surface area contributed by atoms with Crippen LogP contribution in [0, 0.1) is 5.92 Å². The molecule has 1 aliphatic heterocycles. The molecule has 94 valence electrons. The summed E-state index contributed by atoms with van der Waals surface area (Å²) in [4.78, 5) is 0. The van der Waals surface area contributed by atoms with E-state index in [0.29, 0.717) is 12.5 Å². The Morgan fingerprint density at radius 2 is 2.00 bits per heavy atom. The van der Waals surface area contributed by atoms with Crippen molar-refractivity contribution in [1.82, 2.24) is 0 Å². The molecule has 2 atom stereocenters. The summed E-state index contributed by atoms with van der Waals surface area (Å²) in [5.74, 6) is 0.295. The largest absolute Gasteiger partial charge is 0.392 e. The van der Waals surface area contributed by atoms with Gasteiger partial charge in [0.25, 0.3) is 0 Å². The van der Waals surface area contributed by atoms with Crippen molar-refractivity contribution in [3.05, 3.63) is 48.0 Å². The maximum atomic E-state index is 10.3. The number of aliphatic hydroxyl groups excluding tert-OH is 1. The van der Waals surface area contributed by atoms with Crippen LogP contribution in [0.15, 0.2) is 42.5 Å². The molecule has 1 fully saturated rings. The van der Waals surface area contributed by atoms with E-state index in [0.717, 1.165) is 19.4 Å². The summed E-state index contributed by atoms with van der Waals surface area (Å²) < 4.78 is 5.34. The Morgan fingerprint density at radius 1 is 1.17 bits per heavy atom. The third-order valence-corrected chi connectivity index (χ3v) is 3.82. The van der Waals surface area contributed by atoms with Crippen LogP contribution in [0.2, 0.25) is 0 Å². The molecule has 3 rings (SSSR count). The smallest absolute Gasteiger partial charge is 0.0631 e. The number of hydrogen-bond acceptors (Lipinski definition) is 2. The maximum absolute atomic E-state index is 10.3. The molecule has 2 nitrogen and oxygen atoms in total. The first-order chi connectivity index (χ1) is 8.84. The summed E-state index contributed by atoms with van der Waals surface area (Å²) in [5.41, 5.74) is 1.23. The minimum absolute atomic E-state index is 0.293. The van der Waals surface area contributed by atoms with Crippen LogP contribution in [-0.2, 0) is 11.2 Å². The van der Waals surface area contributed by atoms with E-state index < -0.39 is 0 Å². The fourth-order valence-corrected chi connectivity index (χ4v) is 2.72. The molecular formula is C16H18O2. The van der Waals surface area contributed by atoms with Crippen LogP contribution in [0.3, 0.4) is 0 Å². The van der Waals surface area contributed by atoms with E-state index in [4.69, 9.17) is 4.74 Å². The molecule has 0 spiro atoms.